The van der Waals surface area contributed by atoms with Crippen molar-refractivity contribution in [3.63, 3.8) is 0 Å². The number of aromatic nitrogens is 1. The maximum Gasteiger partial charge on any atom is 0.328 e. The van der Waals surface area contributed by atoms with E-state index in [4.69, 9.17) is 5.11 Å². The summed E-state index contributed by atoms with van der Waals surface area (Å²) in [6, 6.07) is 1.31. The number of carbonyl (C=O) groups excluding carboxylic acids is 1. The summed E-state index contributed by atoms with van der Waals surface area (Å²) >= 11 is 0. The topological polar surface area (TPSA) is 99.5 Å². The molecule has 0 saturated carbocycles. The average molecular weight is 224 g/mol. The molecule has 0 aliphatic heterocycles. The summed E-state index contributed by atoms with van der Waals surface area (Å²) in [4.78, 5) is 26.0. The van der Waals surface area contributed by atoms with Crippen LogP contribution in [-0.2, 0) is 4.79 Å². The maximum atomic E-state index is 11.6. The Labute approximate surface area is 91.9 Å². The van der Waals surface area contributed by atoms with Gasteiger partial charge in [0.15, 0.2) is 0 Å². The van der Waals surface area contributed by atoms with E-state index in [0.29, 0.717) is 0 Å². The summed E-state index contributed by atoms with van der Waals surface area (Å²) in [6.45, 7) is 2.71. The number of pyridine rings is 1. The molecule has 0 spiro atoms. The molecule has 1 amide bonds. The molecule has 0 atom stereocenters. The maximum absolute atomic E-state index is 11.6. The van der Waals surface area contributed by atoms with Gasteiger partial charge < -0.3 is 15.5 Å². The van der Waals surface area contributed by atoms with Gasteiger partial charge in [-0.15, -0.1) is 0 Å². The molecule has 0 unspecified atom stereocenters. The Hall–Kier alpha value is -2.11. The fourth-order valence-electron chi connectivity index (χ4n) is 0.983. The van der Waals surface area contributed by atoms with Gasteiger partial charge in [0.05, 0.1) is 11.8 Å². The van der Waals surface area contributed by atoms with Gasteiger partial charge in [0.25, 0.3) is 5.91 Å². The van der Waals surface area contributed by atoms with Crippen LogP contribution in [0.2, 0.25) is 0 Å². The van der Waals surface area contributed by atoms with Crippen LogP contribution in [-0.4, -0.2) is 32.6 Å². The number of aromatic hydroxyl groups is 1. The minimum atomic E-state index is -1.40. The third kappa shape index (κ3) is 2.47. The Balaban J connectivity index is 2.89. The molecule has 1 rings (SSSR count). The second-order valence-corrected chi connectivity index (χ2v) is 3.78. The molecule has 1 aromatic heterocycles. The molecule has 0 saturated heterocycles. The van der Waals surface area contributed by atoms with Gasteiger partial charge in [-0.2, -0.15) is 0 Å². The number of rotatable bonds is 3. The third-order valence-corrected chi connectivity index (χ3v) is 2.01. The van der Waals surface area contributed by atoms with Crippen molar-refractivity contribution in [1.29, 1.82) is 0 Å². The summed E-state index contributed by atoms with van der Waals surface area (Å²) in [7, 11) is 0. The summed E-state index contributed by atoms with van der Waals surface area (Å²) in [5, 5.41) is 20.4. The van der Waals surface area contributed by atoms with Crippen LogP contribution < -0.4 is 5.32 Å². The van der Waals surface area contributed by atoms with E-state index < -0.39 is 17.4 Å². The summed E-state index contributed by atoms with van der Waals surface area (Å²) in [5.74, 6) is -2.11. The molecule has 0 aliphatic carbocycles. The van der Waals surface area contributed by atoms with E-state index in [1.54, 1.807) is 0 Å². The molecule has 6 nitrogen and oxygen atoms in total. The predicted octanol–water partition coefficient (Wildman–Crippen LogP) is 0.380. The van der Waals surface area contributed by atoms with Crippen LogP contribution in [0.4, 0.5) is 0 Å². The van der Waals surface area contributed by atoms with Gasteiger partial charge in [-0.25, -0.2) is 4.79 Å². The van der Waals surface area contributed by atoms with E-state index in [1.165, 1.54) is 26.1 Å². The molecule has 3 N–H and O–H groups in total. The van der Waals surface area contributed by atoms with Crippen molar-refractivity contribution in [1.82, 2.24) is 10.3 Å². The van der Waals surface area contributed by atoms with E-state index in [0.717, 1.165) is 6.20 Å². The Morgan fingerprint density at radius 3 is 2.56 bits per heavy atom. The van der Waals surface area contributed by atoms with E-state index in [9.17, 15) is 14.7 Å². The fourth-order valence-corrected chi connectivity index (χ4v) is 0.983. The summed E-state index contributed by atoms with van der Waals surface area (Å²) in [6.07, 6.45) is 2.45. The summed E-state index contributed by atoms with van der Waals surface area (Å²) in [5.41, 5.74) is -1.41. The number of carboxylic acids is 1. The molecular formula is C10H12N2O4. The highest BCUT2D eigenvalue weighted by molar-refractivity contribution is 5.99. The number of hydrogen-bond donors (Lipinski definition) is 3. The van der Waals surface area contributed by atoms with Gasteiger partial charge in [-0.3, -0.25) is 9.78 Å². The molecule has 0 radical (unpaired) electrons. The Morgan fingerprint density at radius 2 is 2.06 bits per heavy atom. The van der Waals surface area contributed by atoms with E-state index in [1.807, 2.05) is 0 Å². The van der Waals surface area contributed by atoms with Gasteiger partial charge in [0.2, 0.25) is 0 Å². The zero-order chi connectivity index (χ0) is 12.3. The van der Waals surface area contributed by atoms with Gasteiger partial charge in [0, 0.05) is 6.20 Å². The monoisotopic (exact) mass is 224 g/mol. The predicted molar refractivity (Wildman–Crippen MR) is 55.1 cm³/mol. The number of nitrogens with zero attached hydrogens (tertiary/aromatic N) is 1. The van der Waals surface area contributed by atoms with Crippen LogP contribution >= 0.6 is 0 Å². The van der Waals surface area contributed by atoms with E-state index >= 15 is 0 Å². The molecule has 0 bridgehead atoms. The SMILES string of the molecule is CC(C)(NC(=O)c1ccncc1O)C(=O)O. The smallest absolute Gasteiger partial charge is 0.328 e. The lowest BCUT2D eigenvalue weighted by Crippen LogP contribution is -2.49. The number of carboxylic acid groups (broad SMARTS) is 1. The summed E-state index contributed by atoms with van der Waals surface area (Å²) < 4.78 is 0. The zero-order valence-corrected chi connectivity index (χ0v) is 8.89. The minimum absolute atomic E-state index is 0.00988. The Kier molecular flexibility index (Phi) is 3.12. The van der Waals surface area contributed by atoms with Crippen LogP contribution in [0.15, 0.2) is 18.5 Å². The number of amides is 1. The van der Waals surface area contributed by atoms with Gasteiger partial charge in [-0.05, 0) is 19.9 Å². The van der Waals surface area contributed by atoms with Crippen molar-refractivity contribution in [3.05, 3.63) is 24.0 Å². The first-order chi connectivity index (χ1) is 7.34. The second-order valence-electron chi connectivity index (χ2n) is 3.78. The van der Waals surface area contributed by atoms with E-state index in [-0.39, 0.29) is 11.3 Å². The largest absolute Gasteiger partial charge is 0.505 e. The average Bonchev–Trinajstić information content (AvgIpc) is 2.17. The van der Waals surface area contributed by atoms with Crippen molar-refractivity contribution in [3.8, 4) is 5.75 Å². The van der Waals surface area contributed by atoms with Crippen LogP contribution in [0, 0.1) is 0 Å². The lowest BCUT2D eigenvalue weighted by Gasteiger charge is -2.21. The van der Waals surface area contributed by atoms with Gasteiger partial charge >= 0.3 is 5.97 Å². The number of carbonyl (C=O) groups is 2. The van der Waals surface area contributed by atoms with Crippen molar-refractivity contribution in [2.75, 3.05) is 0 Å². The standard InChI is InChI=1S/C10H12N2O4/c1-10(2,9(15)16)12-8(14)6-3-4-11-5-7(6)13/h3-5,13H,1-2H3,(H,12,14)(H,15,16). The minimum Gasteiger partial charge on any atom is -0.505 e. The first-order valence-electron chi connectivity index (χ1n) is 4.53. The fraction of sp³-hybridized carbons (Fsp3) is 0.300. The molecule has 86 valence electrons. The first-order valence-corrected chi connectivity index (χ1v) is 4.53. The molecule has 1 heterocycles. The highest BCUT2D eigenvalue weighted by Gasteiger charge is 2.29. The Morgan fingerprint density at radius 1 is 1.44 bits per heavy atom. The number of nitrogens with one attached hydrogen (secondary N) is 1. The molecule has 0 fully saturated rings. The van der Waals surface area contributed by atoms with Crippen molar-refractivity contribution in [2.45, 2.75) is 19.4 Å². The Bertz CT molecular complexity index is 429. The highest BCUT2D eigenvalue weighted by atomic mass is 16.4. The van der Waals surface area contributed by atoms with Crippen molar-refractivity contribution in [2.24, 2.45) is 0 Å². The second kappa shape index (κ2) is 4.18. The zero-order valence-electron chi connectivity index (χ0n) is 8.89. The molecule has 0 aliphatic rings. The van der Waals surface area contributed by atoms with Crippen LogP contribution in [0.1, 0.15) is 24.2 Å². The van der Waals surface area contributed by atoms with Crippen LogP contribution in [0.25, 0.3) is 0 Å². The van der Waals surface area contributed by atoms with Crippen LogP contribution in [0.3, 0.4) is 0 Å². The number of aliphatic carboxylic acids is 1. The lowest BCUT2D eigenvalue weighted by molar-refractivity contribution is -0.143. The van der Waals surface area contributed by atoms with E-state index in [2.05, 4.69) is 10.3 Å². The molecular weight excluding hydrogens is 212 g/mol. The lowest BCUT2D eigenvalue weighted by atomic mass is 10.1. The molecule has 6 heteroatoms. The molecule has 1 aromatic rings. The van der Waals surface area contributed by atoms with Gasteiger partial charge in [-0.1, -0.05) is 0 Å². The normalized spacial score (nSPS) is 10.9. The number of hydrogen-bond acceptors (Lipinski definition) is 4. The van der Waals surface area contributed by atoms with Crippen molar-refractivity contribution < 1.29 is 19.8 Å². The molecule has 16 heavy (non-hydrogen) atoms. The quantitative estimate of drug-likeness (QED) is 0.689. The first kappa shape index (κ1) is 12.0. The van der Waals surface area contributed by atoms with Crippen molar-refractivity contribution >= 4 is 11.9 Å². The highest BCUT2D eigenvalue weighted by Crippen LogP contribution is 2.15. The third-order valence-electron chi connectivity index (χ3n) is 2.01. The van der Waals surface area contributed by atoms with Gasteiger partial charge in [0.1, 0.15) is 11.3 Å². The van der Waals surface area contributed by atoms with Crippen LogP contribution in [0.5, 0.6) is 5.75 Å². The molecule has 0 aromatic carbocycles.